The quantitative estimate of drug-likeness (QED) is 0.636. The van der Waals surface area contributed by atoms with Gasteiger partial charge in [-0.15, -0.1) is 11.3 Å². The number of fused-ring (bicyclic) bond motifs is 1. The first-order valence-electron chi connectivity index (χ1n) is 8.28. The lowest BCUT2D eigenvalue weighted by atomic mass is 10.1. The largest absolute Gasteiger partial charge is 0.338 e. The van der Waals surface area contributed by atoms with Crippen LogP contribution in [0.4, 0.5) is 4.39 Å². The van der Waals surface area contributed by atoms with Crippen LogP contribution in [0, 0.1) is 0 Å². The Kier molecular flexibility index (Phi) is 4.92. The topological polar surface area (TPSA) is 55.2 Å². The summed E-state index contributed by atoms with van der Waals surface area (Å²) in [5, 5.41) is 3.08. The van der Waals surface area contributed by atoms with Crippen molar-refractivity contribution in [3.63, 3.8) is 0 Å². The fourth-order valence-corrected chi connectivity index (χ4v) is 4.35. The number of thiophene rings is 1. The van der Waals surface area contributed by atoms with Gasteiger partial charge in [0.1, 0.15) is 17.5 Å². The third kappa shape index (κ3) is 3.47. The van der Waals surface area contributed by atoms with E-state index >= 15 is 0 Å². The molecule has 1 amide bonds. The second-order valence-electron chi connectivity index (χ2n) is 6.36. The smallest absolute Gasteiger partial charge is 0.263 e. The number of carbonyl (C=O) groups is 1. The van der Waals surface area contributed by atoms with Gasteiger partial charge in [0.05, 0.1) is 28.3 Å². The summed E-state index contributed by atoms with van der Waals surface area (Å²) >= 11 is 13.4. The molecule has 1 unspecified atom stereocenters. The molecule has 2 aromatic heterocycles. The molecule has 0 radical (unpaired) electrons. The van der Waals surface area contributed by atoms with Crippen molar-refractivity contribution in [1.82, 2.24) is 14.5 Å². The number of carbonyl (C=O) groups excluding carboxylic acids is 1. The van der Waals surface area contributed by atoms with Crippen molar-refractivity contribution in [3.8, 4) is 11.1 Å². The van der Waals surface area contributed by atoms with Crippen LogP contribution in [-0.2, 0) is 11.3 Å². The molecular formula is C18H14Cl2FN3O2S. The van der Waals surface area contributed by atoms with E-state index in [2.05, 4.69) is 4.98 Å². The van der Waals surface area contributed by atoms with E-state index in [0.717, 1.165) is 5.56 Å². The Hall–Kier alpha value is -1.96. The summed E-state index contributed by atoms with van der Waals surface area (Å²) in [4.78, 5) is 31.7. The maximum atomic E-state index is 13.3. The van der Waals surface area contributed by atoms with Crippen molar-refractivity contribution in [2.24, 2.45) is 0 Å². The summed E-state index contributed by atoms with van der Waals surface area (Å²) in [6.07, 6.45) is 0.703. The number of benzene rings is 1. The van der Waals surface area contributed by atoms with E-state index < -0.39 is 6.17 Å². The summed E-state index contributed by atoms with van der Waals surface area (Å²) in [6.45, 7) is 0.290. The maximum Gasteiger partial charge on any atom is 0.263 e. The predicted molar refractivity (Wildman–Crippen MR) is 105 cm³/mol. The van der Waals surface area contributed by atoms with E-state index in [1.807, 2.05) is 5.38 Å². The molecule has 1 aliphatic heterocycles. The lowest BCUT2D eigenvalue weighted by Gasteiger charge is -2.15. The fraction of sp³-hybridized carbons (Fsp3) is 0.278. The molecular weight excluding hydrogens is 412 g/mol. The number of hydrogen-bond donors (Lipinski definition) is 0. The molecule has 5 nitrogen and oxygen atoms in total. The number of nitrogens with zero attached hydrogens (tertiary/aromatic N) is 3. The molecule has 3 aromatic rings. The van der Waals surface area contributed by atoms with Crippen LogP contribution in [0.15, 0.2) is 34.7 Å². The predicted octanol–water partition coefficient (Wildman–Crippen LogP) is 4.00. The van der Waals surface area contributed by atoms with Crippen molar-refractivity contribution in [2.45, 2.75) is 19.1 Å². The lowest BCUT2D eigenvalue weighted by Crippen LogP contribution is -2.35. The van der Waals surface area contributed by atoms with Crippen molar-refractivity contribution < 1.29 is 9.18 Å². The average molecular weight is 426 g/mol. The van der Waals surface area contributed by atoms with Gasteiger partial charge in [0, 0.05) is 17.5 Å². The van der Waals surface area contributed by atoms with Gasteiger partial charge in [0.15, 0.2) is 0 Å². The van der Waals surface area contributed by atoms with Gasteiger partial charge in [0.2, 0.25) is 5.91 Å². The Morgan fingerprint density at radius 1 is 1.33 bits per heavy atom. The van der Waals surface area contributed by atoms with Gasteiger partial charge in [-0.1, -0.05) is 29.3 Å². The third-order valence-corrected chi connectivity index (χ3v) is 6.21. The van der Waals surface area contributed by atoms with Gasteiger partial charge in [-0.3, -0.25) is 14.2 Å². The van der Waals surface area contributed by atoms with Crippen LogP contribution < -0.4 is 5.56 Å². The van der Waals surface area contributed by atoms with Crippen molar-refractivity contribution in [2.75, 3.05) is 13.1 Å². The van der Waals surface area contributed by atoms with Crippen LogP contribution in [0.1, 0.15) is 6.42 Å². The number of hydrogen-bond acceptors (Lipinski definition) is 4. The lowest BCUT2D eigenvalue weighted by molar-refractivity contribution is -0.131. The summed E-state index contributed by atoms with van der Waals surface area (Å²) in [6, 6.07) is 5.14. The molecule has 1 saturated heterocycles. The molecule has 0 aliphatic carbocycles. The number of rotatable bonds is 3. The molecule has 0 bridgehead atoms. The van der Waals surface area contributed by atoms with Crippen molar-refractivity contribution in [1.29, 1.82) is 0 Å². The molecule has 1 aromatic carbocycles. The third-order valence-electron chi connectivity index (χ3n) is 4.58. The highest BCUT2D eigenvalue weighted by molar-refractivity contribution is 7.17. The van der Waals surface area contributed by atoms with Crippen LogP contribution in [0.5, 0.6) is 0 Å². The van der Waals surface area contributed by atoms with E-state index in [1.54, 1.807) is 18.2 Å². The number of likely N-dealkylation sites (tertiary alicyclic amines) is 1. The zero-order chi connectivity index (χ0) is 19.1. The van der Waals surface area contributed by atoms with E-state index in [9.17, 15) is 14.0 Å². The zero-order valence-electron chi connectivity index (χ0n) is 14.0. The fourth-order valence-electron chi connectivity index (χ4n) is 3.15. The van der Waals surface area contributed by atoms with Crippen LogP contribution >= 0.6 is 34.5 Å². The van der Waals surface area contributed by atoms with Crippen LogP contribution in [0.25, 0.3) is 21.3 Å². The molecule has 27 heavy (non-hydrogen) atoms. The first-order chi connectivity index (χ1) is 12.9. The first kappa shape index (κ1) is 18.4. The van der Waals surface area contributed by atoms with Crippen LogP contribution in [-0.4, -0.2) is 39.6 Å². The Labute approximate surface area is 167 Å². The van der Waals surface area contributed by atoms with E-state index in [-0.39, 0.29) is 24.6 Å². The summed E-state index contributed by atoms with van der Waals surface area (Å²) in [7, 11) is 0. The molecule has 4 rings (SSSR count). The van der Waals surface area contributed by atoms with Crippen LogP contribution in [0.2, 0.25) is 10.0 Å². The number of alkyl halides is 1. The molecule has 140 valence electrons. The highest BCUT2D eigenvalue weighted by Gasteiger charge is 2.26. The molecule has 1 atom stereocenters. The molecule has 0 saturated carbocycles. The van der Waals surface area contributed by atoms with Gasteiger partial charge in [0.25, 0.3) is 5.56 Å². The molecule has 1 fully saturated rings. The van der Waals surface area contributed by atoms with E-state index in [4.69, 9.17) is 23.2 Å². The van der Waals surface area contributed by atoms with Crippen molar-refractivity contribution >= 4 is 50.7 Å². The Morgan fingerprint density at radius 2 is 2.15 bits per heavy atom. The molecule has 0 spiro atoms. The van der Waals surface area contributed by atoms with E-state index in [0.29, 0.717) is 38.8 Å². The second kappa shape index (κ2) is 7.22. The molecule has 9 heteroatoms. The normalized spacial score (nSPS) is 17.0. The van der Waals surface area contributed by atoms with Gasteiger partial charge in [-0.05, 0) is 24.1 Å². The SMILES string of the molecule is O=C(Cn1cnc2scc(-c3ccc(Cl)c(Cl)c3)c2c1=O)N1CCC(F)C1. The van der Waals surface area contributed by atoms with Gasteiger partial charge < -0.3 is 4.90 Å². The Morgan fingerprint density at radius 3 is 2.85 bits per heavy atom. The second-order valence-corrected chi connectivity index (χ2v) is 8.03. The Balaban J connectivity index is 1.72. The standard InChI is InChI=1S/C18H14Cl2FN3O2S/c19-13-2-1-10(5-14(13)20)12-8-27-17-16(12)18(26)24(9-22-17)7-15(25)23-4-3-11(21)6-23/h1-2,5,8-9,11H,3-4,6-7H2. The summed E-state index contributed by atoms with van der Waals surface area (Å²) in [5.74, 6) is -0.287. The van der Waals surface area contributed by atoms with Crippen molar-refractivity contribution in [3.05, 3.63) is 50.3 Å². The number of aromatic nitrogens is 2. The molecule has 3 heterocycles. The monoisotopic (exact) mass is 425 g/mol. The number of amides is 1. The van der Waals surface area contributed by atoms with Gasteiger partial charge >= 0.3 is 0 Å². The van der Waals surface area contributed by atoms with Gasteiger partial charge in [-0.2, -0.15) is 0 Å². The number of halogens is 3. The summed E-state index contributed by atoms with van der Waals surface area (Å²) in [5.41, 5.74) is 1.13. The minimum Gasteiger partial charge on any atom is -0.338 e. The highest BCUT2D eigenvalue weighted by Crippen LogP contribution is 2.34. The zero-order valence-corrected chi connectivity index (χ0v) is 16.3. The minimum atomic E-state index is -0.996. The highest BCUT2D eigenvalue weighted by atomic mass is 35.5. The van der Waals surface area contributed by atoms with E-state index in [1.165, 1.54) is 27.1 Å². The van der Waals surface area contributed by atoms with Gasteiger partial charge in [-0.25, -0.2) is 9.37 Å². The first-order valence-corrected chi connectivity index (χ1v) is 9.91. The minimum absolute atomic E-state index is 0.0796. The van der Waals surface area contributed by atoms with Crippen LogP contribution in [0.3, 0.4) is 0 Å². The molecule has 0 N–H and O–H groups in total. The molecule has 1 aliphatic rings. The Bertz CT molecular complexity index is 1100. The average Bonchev–Trinajstić information content (AvgIpc) is 3.26. The summed E-state index contributed by atoms with van der Waals surface area (Å²) < 4.78 is 14.6. The maximum absolute atomic E-state index is 13.3.